The number of likely N-dealkylation sites (tertiary alicyclic amines) is 1. The Morgan fingerprint density at radius 3 is 2.45 bits per heavy atom. The first-order valence-electron chi connectivity index (χ1n) is 14.4. The molecule has 218 valence electrons. The van der Waals surface area contributed by atoms with Crippen LogP contribution in [0.2, 0.25) is 0 Å². The zero-order chi connectivity index (χ0) is 29.2. The number of nitrogens with zero attached hydrogens (tertiary/aromatic N) is 3. The lowest BCUT2D eigenvalue weighted by Gasteiger charge is -2.41. The summed E-state index contributed by atoms with van der Waals surface area (Å²) in [5.74, 6) is -1.69. The molecule has 2 bridgehead atoms. The highest BCUT2D eigenvalue weighted by Gasteiger charge is 2.76. The largest absolute Gasteiger partial charge is 0.394 e. The van der Waals surface area contributed by atoms with Gasteiger partial charge < -0.3 is 19.8 Å². The number of hydrogen-bond donors (Lipinski definition) is 1. The van der Waals surface area contributed by atoms with Crippen LogP contribution in [0, 0.1) is 11.8 Å². The lowest BCUT2D eigenvalue weighted by molar-refractivity contribution is -0.146. The molecule has 3 fully saturated rings. The molecular formula is C31H42BrN3O4S. The average molecular weight is 633 g/mol. The molecule has 4 rings (SSSR count). The maximum atomic E-state index is 14.6. The highest BCUT2D eigenvalue weighted by Crippen LogP contribution is 2.68. The number of aliphatic hydroxyl groups is 1. The van der Waals surface area contributed by atoms with Crippen molar-refractivity contribution in [3.05, 3.63) is 55.6 Å². The van der Waals surface area contributed by atoms with Crippen LogP contribution in [0.5, 0.6) is 0 Å². The molecule has 8 atom stereocenters. The van der Waals surface area contributed by atoms with Gasteiger partial charge in [-0.3, -0.25) is 14.4 Å². The molecule has 1 spiro atoms. The number of rotatable bonds is 13. The number of hydrogen-bond acceptors (Lipinski definition) is 5. The smallest absolute Gasteiger partial charge is 0.247 e. The van der Waals surface area contributed by atoms with E-state index in [1.807, 2.05) is 49.1 Å². The number of benzene rings is 1. The zero-order valence-electron chi connectivity index (χ0n) is 23.7. The topological polar surface area (TPSA) is 81.2 Å². The van der Waals surface area contributed by atoms with E-state index in [0.29, 0.717) is 25.9 Å². The molecule has 0 radical (unpaired) electrons. The van der Waals surface area contributed by atoms with Gasteiger partial charge in [-0.05, 0) is 38.3 Å². The molecule has 1 aromatic rings. The van der Waals surface area contributed by atoms with Crippen LogP contribution in [-0.4, -0.2) is 85.3 Å². The molecule has 0 saturated carbocycles. The minimum absolute atomic E-state index is 0.0257. The number of para-hydroxylation sites is 1. The number of halogens is 1. The highest BCUT2D eigenvalue weighted by atomic mass is 79.9. The summed E-state index contributed by atoms with van der Waals surface area (Å²) in [6.45, 7) is 14.3. The number of aliphatic hydroxyl groups excluding tert-OH is 1. The fraction of sp³-hybridized carbons (Fsp3) is 0.581. The summed E-state index contributed by atoms with van der Waals surface area (Å²) in [4.78, 5) is 48.6. The Morgan fingerprint density at radius 2 is 1.88 bits per heavy atom. The molecule has 9 heteroatoms. The Hall–Kier alpha value is -2.10. The lowest BCUT2D eigenvalue weighted by atomic mass is 9.70. The third kappa shape index (κ3) is 5.07. The molecule has 1 aromatic carbocycles. The van der Waals surface area contributed by atoms with E-state index >= 15 is 0 Å². The molecular weight excluding hydrogens is 590 g/mol. The third-order valence-corrected chi connectivity index (χ3v) is 12.0. The number of thioether (sulfide) groups is 1. The molecule has 40 heavy (non-hydrogen) atoms. The van der Waals surface area contributed by atoms with Gasteiger partial charge in [0.15, 0.2) is 0 Å². The van der Waals surface area contributed by atoms with Gasteiger partial charge in [0.05, 0.1) is 29.2 Å². The van der Waals surface area contributed by atoms with Crippen molar-refractivity contribution in [1.82, 2.24) is 9.80 Å². The molecule has 3 aliphatic rings. The molecule has 3 heterocycles. The maximum Gasteiger partial charge on any atom is 0.247 e. The van der Waals surface area contributed by atoms with E-state index in [1.165, 1.54) is 0 Å². The number of amides is 3. The summed E-state index contributed by atoms with van der Waals surface area (Å²) < 4.78 is -0.766. The molecule has 7 nitrogen and oxygen atoms in total. The number of alkyl halides is 1. The second-order valence-corrected chi connectivity index (χ2v) is 13.9. The summed E-state index contributed by atoms with van der Waals surface area (Å²) in [7, 11) is 0. The predicted molar refractivity (Wildman–Crippen MR) is 165 cm³/mol. The molecule has 3 aliphatic heterocycles. The summed E-state index contributed by atoms with van der Waals surface area (Å²) in [5, 5.41) is 10.2. The monoisotopic (exact) mass is 631 g/mol. The second-order valence-electron chi connectivity index (χ2n) is 11.1. The molecule has 0 aromatic heterocycles. The fourth-order valence-corrected chi connectivity index (χ4v) is 10.6. The zero-order valence-corrected chi connectivity index (χ0v) is 26.1. The first-order valence-corrected chi connectivity index (χ1v) is 16.1. The van der Waals surface area contributed by atoms with Crippen molar-refractivity contribution in [2.45, 2.75) is 79.4 Å². The van der Waals surface area contributed by atoms with Gasteiger partial charge >= 0.3 is 0 Å². The first-order chi connectivity index (χ1) is 19.2. The van der Waals surface area contributed by atoms with E-state index in [-0.39, 0.29) is 40.4 Å². The summed E-state index contributed by atoms with van der Waals surface area (Å²) in [5.41, 5.74) is 0.752. The van der Waals surface area contributed by atoms with E-state index in [1.54, 1.807) is 33.7 Å². The van der Waals surface area contributed by atoms with Gasteiger partial charge in [0.1, 0.15) is 6.04 Å². The Balaban J connectivity index is 1.82. The molecule has 0 aliphatic carbocycles. The van der Waals surface area contributed by atoms with Crippen molar-refractivity contribution in [2.75, 3.05) is 24.6 Å². The van der Waals surface area contributed by atoms with E-state index in [9.17, 15) is 19.5 Å². The number of anilines is 1. The molecule has 4 unspecified atom stereocenters. The van der Waals surface area contributed by atoms with Gasteiger partial charge in [0, 0.05) is 34.9 Å². The Labute approximate surface area is 251 Å². The fourth-order valence-electron chi connectivity index (χ4n) is 7.03. The van der Waals surface area contributed by atoms with Crippen LogP contribution in [0.15, 0.2) is 55.6 Å². The van der Waals surface area contributed by atoms with Gasteiger partial charge in [0.2, 0.25) is 17.7 Å². The highest BCUT2D eigenvalue weighted by molar-refractivity contribution is 9.09. The number of fused-ring (bicyclic) bond motifs is 1. The summed E-state index contributed by atoms with van der Waals surface area (Å²) in [6.07, 6.45) is 6.30. The standard InChI is InChI=1S/C31H42BrN3O4S/c1-6-13-20(5)33(16-7-2)30(39)27-31-18-23(32)26(40-31)24(25(31)29(38)35(27)21(9-4)19-36)28(37)34(17-8-3)22-14-11-10-12-15-22/h7-8,10-12,14-15,20-21,23-27,36H,2-3,6,9,13,16-19H2,1,4-5H3/t20?,21-,23?,24+,25-,26+,27?,31?/m0/s1. The van der Waals surface area contributed by atoms with Crippen LogP contribution in [0.25, 0.3) is 0 Å². The van der Waals surface area contributed by atoms with Crippen LogP contribution in [-0.2, 0) is 14.4 Å². The van der Waals surface area contributed by atoms with Crippen LogP contribution in [0.4, 0.5) is 5.69 Å². The van der Waals surface area contributed by atoms with Crippen molar-refractivity contribution in [3.8, 4) is 0 Å². The Kier molecular flexibility index (Phi) is 9.89. The van der Waals surface area contributed by atoms with Crippen molar-refractivity contribution < 1.29 is 19.5 Å². The Morgan fingerprint density at radius 1 is 1.20 bits per heavy atom. The van der Waals surface area contributed by atoms with Crippen LogP contribution in [0.1, 0.15) is 46.5 Å². The molecule has 3 saturated heterocycles. The van der Waals surface area contributed by atoms with E-state index < -0.39 is 28.7 Å². The van der Waals surface area contributed by atoms with Crippen molar-refractivity contribution in [1.29, 1.82) is 0 Å². The number of carbonyl (C=O) groups excluding carboxylic acids is 3. The van der Waals surface area contributed by atoms with Gasteiger partial charge in [-0.15, -0.1) is 24.9 Å². The lowest BCUT2D eigenvalue weighted by Crippen LogP contribution is -2.59. The SMILES string of the molecule is C=CCN(C(=O)[C@H]1[C@@H]2SC3(CC2Br)C(C(=O)N(CC=C)C(C)CCC)N([C@@H](CC)CO)C(=O)[C@H]13)c1ccccc1. The molecule has 1 N–H and O–H groups in total. The van der Waals surface area contributed by atoms with Crippen molar-refractivity contribution >= 4 is 51.1 Å². The van der Waals surface area contributed by atoms with E-state index in [2.05, 4.69) is 36.0 Å². The van der Waals surface area contributed by atoms with Gasteiger partial charge in [-0.2, -0.15) is 0 Å². The minimum atomic E-state index is -0.766. The molecule has 3 amide bonds. The van der Waals surface area contributed by atoms with Crippen molar-refractivity contribution in [2.24, 2.45) is 11.8 Å². The quantitative estimate of drug-likeness (QED) is 0.253. The van der Waals surface area contributed by atoms with Gasteiger partial charge in [-0.1, -0.05) is 66.5 Å². The summed E-state index contributed by atoms with van der Waals surface area (Å²) >= 11 is 5.49. The van der Waals surface area contributed by atoms with Gasteiger partial charge in [0.25, 0.3) is 0 Å². The Bertz CT molecular complexity index is 1120. The predicted octanol–water partition coefficient (Wildman–Crippen LogP) is 4.64. The van der Waals surface area contributed by atoms with Crippen LogP contribution in [0.3, 0.4) is 0 Å². The maximum absolute atomic E-state index is 14.6. The minimum Gasteiger partial charge on any atom is -0.394 e. The first kappa shape index (κ1) is 30.8. The van der Waals surface area contributed by atoms with Crippen molar-refractivity contribution in [3.63, 3.8) is 0 Å². The van der Waals surface area contributed by atoms with Crippen LogP contribution < -0.4 is 4.90 Å². The average Bonchev–Trinajstić information content (AvgIpc) is 3.54. The third-order valence-electron chi connectivity index (χ3n) is 8.81. The number of carbonyl (C=O) groups is 3. The van der Waals surface area contributed by atoms with E-state index in [4.69, 9.17) is 0 Å². The van der Waals surface area contributed by atoms with E-state index in [0.717, 1.165) is 18.5 Å². The van der Waals surface area contributed by atoms with Gasteiger partial charge in [-0.25, -0.2) is 0 Å². The summed E-state index contributed by atoms with van der Waals surface area (Å²) in [6, 6.07) is 8.16. The second kappa shape index (κ2) is 12.8. The van der Waals surface area contributed by atoms with Crippen LogP contribution >= 0.6 is 27.7 Å². The normalized spacial score (nSPS) is 30.1.